The largest absolute Gasteiger partial charge is 0.389 e. The van der Waals surface area contributed by atoms with Gasteiger partial charge in [-0.3, -0.25) is 4.79 Å². The van der Waals surface area contributed by atoms with Crippen molar-refractivity contribution >= 4 is 5.91 Å². The number of aliphatic hydroxyl groups is 1. The molecule has 88 valence electrons. The van der Waals surface area contributed by atoms with Crippen LogP contribution >= 0.6 is 0 Å². The highest BCUT2D eigenvalue weighted by molar-refractivity contribution is 5.83. The molecule has 0 saturated heterocycles. The summed E-state index contributed by atoms with van der Waals surface area (Å²) in [5.41, 5.74) is 3.05. The molecular weight excluding hydrogens is 223 g/mol. The Kier molecular flexibility index (Phi) is 3.23. The third-order valence-electron chi connectivity index (χ3n) is 2.13. The van der Waals surface area contributed by atoms with Crippen molar-refractivity contribution in [2.75, 3.05) is 0 Å². The van der Waals surface area contributed by atoms with Gasteiger partial charge in [0, 0.05) is 5.56 Å². The van der Waals surface area contributed by atoms with Gasteiger partial charge in [-0.15, -0.1) is 0 Å². The lowest BCUT2D eigenvalue weighted by Crippen LogP contribution is -2.34. The molecule has 6 heteroatoms. The minimum absolute atomic E-state index is 0.307. The van der Waals surface area contributed by atoms with E-state index in [2.05, 4.69) is 5.73 Å². The first-order chi connectivity index (χ1) is 7.28. The third-order valence-corrected chi connectivity index (χ3v) is 2.13. The van der Waals surface area contributed by atoms with E-state index in [1.807, 2.05) is 0 Å². The number of aliphatic hydroxyl groups excluding tert-OH is 1. The molecule has 0 saturated carbocycles. The van der Waals surface area contributed by atoms with Gasteiger partial charge in [-0.05, 0) is 13.0 Å². The number of amides is 1. The van der Waals surface area contributed by atoms with Gasteiger partial charge in [0.15, 0.2) is 0 Å². The summed E-state index contributed by atoms with van der Waals surface area (Å²) in [6, 6.07) is 3.03. The first kappa shape index (κ1) is 12.5. The van der Waals surface area contributed by atoms with Gasteiger partial charge < -0.3 is 10.8 Å². The van der Waals surface area contributed by atoms with Gasteiger partial charge in [0.2, 0.25) is 0 Å². The molecule has 1 aromatic carbocycles. The van der Waals surface area contributed by atoms with E-state index in [1.54, 1.807) is 0 Å². The monoisotopic (exact) mass is 233 g/mol. The van der Waals surface area contributed by atoms with Gasteiger partial charge in [0.1, 0.15) is 5.82 Å². The summed E-state index contributed by atoms with van der Waals surface area (Å²) in [7, 11) is 0. The fraction of sp³-hybridized carbons (Fsp3) is 0.300. The highest BCUT2D eigenvalue weighted by Crippen LogP contribution is 2.32. The van der Waals surface area contributed by atoms with E-state index in [1.165, 1.54) is 6.92 Å². The number of primary amides is 1. The fourth-order valence-corrected chi connectivity index (χ4v) is 1.25. The molecule has 0 aliphatic carbocycles. The van der Waals surface area contributed by atoms with Gasteiger partial charge in [-0.25, -0.2) is 4.39 Å². The van der Waals surface area contributed by atoms with Crippen LogP contribution in [0.4, 0.5) is 13.2 Å². The summed E-state index contributed by atoms with van der Waals surface area (Å²) < 4.78 is 39.9. The van der Waals surface area contributed by atoms with Crippen molar-refractivity contribution in [1.82, 2.24) is 0 Å². The van der Waals surface area contributed by atoms with Gasteiger partial charge in [0.25, 0.3) is 5.91 Å². The number of nitrogens with two attached hydrogens (primary N) is 1. The minimum Gasteiger partial charge on any atom is -0.389 e. The summed E-state index contributed by atoms with van der Waals surface area (Å²) in [4.78, 5) is 10.5. The second kappa shape index (κ2) is 4.13. The lowest BCUT2D eigenvalue weighted by Gasteiger charge is -2.16. The van der Waals surface area contributed by atoms with E-state index >= 15 is 0 Å². The van der Waals surface area contributed by atoms with Gasteiger partial charge in [0.05, 0.1) is 11.7 Å². The van der Waals surface area contributed by atoms with Crippen molar-refractivity contribution < 1.29 is 23.1 Å². The number of halogens is 3. The Morgan fingerprint density at radius 2 is 2.06 bits per heavy atom. The SMILES string of the molecule is CC(O)c1cccc(C(F)(F)C(N)=O)c1F. The number of carbonyl (C=O) groups excluding carboxylic acids is 1. The van der Waals surface area contributed by atoms with Crippen LogP contribution in [0.1, 0.15) is 24.2 Å². The van der Waals surface area contributed by atoms with Crippen LogP contribution in [0.5, 0.6) is 0 Å². The topological polar surface area (TPSA) is 63.3 Å². The zero-order valence-corrected chi connectivity index (χ0v) is 8.38. The molecule has 3 nitrogen and oxygen atoms in total. The molecule has 0 aliphatic heterocycles. The summed E-state index contributed by atoms with van der Waals surface area (Å²) >= 11 is 0. The standard InChI is InChI=1S/C10H10F3NO2/c1-5(15)6-3-2-4-7(8(6)11)10(12,13)9(14)16/h2-5,15H,1H3,(H2,14,16). The van der Waals surface area contributed by atoms with Crippen LogP contribution in [0, 0.1) is 5.82 Å². The third kappa shape index (κ3) is 2.01. The highest BCUT2D eigenvalue weighted by atomic mass is 19.3. The van der Waals surface area contributed by atoms with Crippen LogP contribution in [0.25, 0.3) is 0 Å². The predicted molar refractivity (Wildman–Crippen MR) is 50.1 cm³/mol. The molecule has 1 unspecified atom stereocenters. The van der Waals surface area contributed by atoms with Gasteiger partial charge in [-0.2, -0.15) is 8.78 Å². The van der Waals surface area contributed by atoms with Crippen molar-refractivity contribution in [2.24, 2.45) is 5.73 Å². The Hall–Kier alpha value is -1.56. The zero-order valence-electron chi connectivity index (χ0n) is 8.38. The van der Waals surface area contributed by atoms with Crippen LogP contribution in [0.2, 0.25) is 0 Å². The first-order valence-corrected chi connectivity index (χ1v) is 4.43. The van der Waals surface area contributed by atoms with Crippen LogP contribution < -0.4 is 5.73 Å². The van der Waals surface area contributed by atoms with E-state index in [4.69, 9.17) is 5.11 Å². The Bertz CT molecular complexity index is 419. The average molecular weight is 233 g/mol. The molecule has 1 atom stereocenters. The summed E-state index contributed by atoms with van der Waals surface area (Å²) in [6.45, 7) is 1.23. The summed E-state index contributed by atoms with van der Waals surface area (Å²) in [5, 5.41) is 9.13. The van der Waals surface area contributed by atoms with Crippen molar-refractivity contribution in [2.45, 2.75) is 19.0 Å². The molecule has 0 radical (unpaired) electrons. The van der Waals surface area contributed by atoms with E-state index in [9.17, 15) is 18.0 Å². The Morgan fingerprint density at radius 1 is 1.50 bits per heavy atom. The molecular formula is C10H10F3NO2. The molecule has 0 bridgehead atoms. The zero-order chi connectivity index (χ0) is 12.5. The Morgan fingerprint density at radius 3 is 2.50 bits per heavy atom. The molecule has 0 aromatic heterocycles. The average Bonchev–Trinajstić information content (AvgIpc) is 2.16. The quantitative estimate of drug-likeness (QED) is 0.830. The van der Waals surface area contributed by atoms with Crippen molar-refractivity contribution in [3.8, 4) is 0 Å². The van der Waals surface area contributed by atoms with Crippen molar-refractivity contribution in [3.05, 3.63) is 35.1 Å². The smallest absolute Gasteiger partial charge is 0.352 e. The second-order valence-electron chi connectivity index (χ2n) is 3.32. The van der Waals surface area contributed by atoms with Crippen LogP contribution in [0.15, 0.2) is 18.2 Å². The maximum atomic E-state index is 13.5. The lowest BCUT2D eigenvalue weighted by molar-refractivity contribution is -0.143. The minimum atomic E-state index is -4.09. The van der Waals surface area contributed by atoms with Gasteiger partial charge >= 0.3 is 5.92 Å². The molecule has 1 aromatic rings. The maximum absolute atomic E-state index is 13.5. The number of benzene rings is 1. The molecule has 1 amide bonds. The Balaban J connectivity index is 3.36. The number of carbonyl (C=O) groups is 1. The number of hydrogen-bond acceptors (Lipinski definition) is 2. The molecule has 1 rings (SSSR count). The molecule has 0 fully saturated rings. The predicted octanol–water partition coefficient (Wildman–Crippen LogP) is 1.46. The molecule has 0 aliphatic rings. The second-order valence-corrected chi connectivity index (χ2v) is 3.32. The molecule has 16 heavy (non-hydrogen) atoms. The van der Waals surface area contributed by atoms with Crippen molar-refractivity contribution in [3.63, 3.8) is 0 Å². The lowest BCUT2D eigenvalue weighted by atomic mass is 10.0. The van der Waals surface area contributed by atoms with E-state index in [0.717, 1.165) is 18.2 Å². The number of hydrogen-bond donors (Lipinski definition) is 2. The van der Waals surface area contributed by atoms with E-state index in [-0.39, 0.29) is 5.56 Å². The maximum Gasteiger partial charge on any atom is 0.352 e. The van der Waals surface area contributed by atoms with E-state index in [0.29, 0.717) is 0 Å². The number of alkyl halides is 2. The van der Waals surface area contributed by atoms with Crippen molar-refractivity contribution in [1.29, 1.82) is 0 Å². The number of rotatable bonds is 3. The normalized spacial score (nSPS) is 13.6. The van der Waals surface area contributed by atoms with Gasteiger partial charge in [-0.1, -0.05) is 12.1 Å². The highest BCUT2D eigenvalue weighted by Gasteiger charge is 2.42. The van der Waals surface area contributed by atoms with Crippen LogP contribution in [0.3, 0.4) is 0 Å². The molecule has 0 spiro atoms. The fourth-order valence-electron chi connectivity index (χ4n) is 1.25. The van der Waals surface area contributed by atoms with Crippen LogP contribution in [-0.4, -0.2) is 11.0 Å². The molecule has 0 heterocycles. The Labute approximate surface area is 89.7 Å². The van der Waals surface area contributed by atoms with Crippen LogP contribution in [-0.2, 0) is 10.7 Å². The van der Waals surface area contributed by atoms with E-state index < -0.39 is 29.3 Å². The molecule has 3 N–H and O–H groups in total. The first-order valence-electron chi connectivity index (χ1n) is 4.43. The summed E-state index contributed by atoms with van der Waals surface area (Å²) in [5.74, 6) is -7.34. The summed E-state index contributed by atoms with van der Waals surface area (Å²) in [6.07, 6.45) is -1.25.